The zero-order chi connectivity index (χ0) is 14.9. The van der Waals surface area contributed by atoms with Crippen molar-refractivity contribution < 1.29 is 18.0 Å². The van der Waals surface area contributed by atoms with Gasteiger partial charge in [0.15, 0.2) is 0 Å². The van der Waals surface area contributed by atoms with Gasteiger partial charge in [-0.2, -0.15) is 13.2 Å². The number of nitrogens with two attached hydrogens (primary N) is 1. The monoisotopic (exact) mass is 288 g/mol. The summed E-state index contributed by atoms with van der Waals surface area (Å²) >= 11 is 0. The van der Waals surface area contributed by atoms with E-state index in [0.717, 1.165) is 25.1 Å². The molecule has 1 fully saturated rings. The molecule has 0 bridgehead atoms. The lowest BCUT2D eigenvalue weighted by atomic mass is 10.2. The van der Waals surface area contributed by atoms with Crippen LogP contribution in [0.25, 0.3) is 0 Å². The molecule has 1 aliphatic carbocycles. The zero-order valence-corrected chi connectivity index (χ0v) is 10.8. The molecule has 0 aliphatic heterocycles. The lowest BCUT2D eigenvalue weighted by Gasteiger charge is -2.17. The van der Waals surface area contributed by atoms with Crippen molar-refractivity contribution in [3.05, 3.63) is 18.0 Å². The summed E-state index contributed by atoms with van der Waals surface area (Å²) in [4.78, 5) is 15.0. The molecule has 4 N–H and O–H groups in total. The Kier molecular flexibility index (Phi) is 3.74. The molecule has 0 radical (unpaired) electrons. The van der Waals surface area contributed by atoms with Crippen molar-refractivity contribution in [2.45, 2.75) is 38.0 Å². The summed E-state index contributed by atoms with van der Waals surface area (Å²) in [6.45, 7) is 1.56. The number of carbonyl (C=O) groups is 1. The molecule has 1 saturated carbocycles. The number of hydrogen-bond donors (Lipinski definition) is 3. The van der Waals surface area contributed by atoms with Crippen LogP contribution in [0.3, 0.4) is 0 Å². The quantitative estimate of drug-likeness (QED) is 0.788. The first-order valence-electron chi connectivity index (χ1n) is 6.17. The molecule has 1 heterocycles. The largest absolute Gasteiger partial charge is 0.433 e. The molecule has 1 unspecified atom stereocenters. The van der Waals surface area contributed by atoms with E-state index in [2.05, 4.69) is 15.6 Å². The molecule has 2 rings (SSSR count). The standard InChI is InChI=1S/C12H15F3N4O/c1-6(11(20)19-7-2-3-7)18-9-4-10(12(13,14)15)17-5-8(9)16/h4-7H,2-3,16H2,1H3,(H,17,18)(H,19,20). The Balaban J connectivity index is 2.09. The number of nitrogen functional groups attached to an aromatic ring is 1. The third kappa shape index (κ3) is 3.52. The summed E-state index contributed by atoms with van der Waals surface area (Å²) in [6.07, 6.45) is -1.75. The van der Waals surface area contributed by atoms with Gasteiger partial charge in [-0.25, -0.2) is 4.98 Å². The van der Waals surface area contributed by atoms with Crippen LogP contribution in [0.5, 0.6) is 0 Å². The van der Waals surface area contributed by atoms with Crippen molar-refractivity contribution in [2.24, 2.45) is 0 Å². The van der Waals surface area contributed by atoms with Crippen molar-refractivity contribution in [1.29, 1.82) is 0 Å². The van der Waals surface area contributed by atoms with Gasteiger partial charge in [0, 0.05) is 6.04 Å². The van der Waals surface area contributed by atoms with Crippen LogP contribution < -0.4 is 16.4 Å². The third-order valence-corrected chi connectivity index (χ3v) is 2.91. The smallest absolute Gasteiger partial charge is 0.396 e. The first-order valence-corrected chi connectivity index (χ1v) is 6.17. The Morgan fingerprint density at radius 3 is 2.70 bits per heavy atom. The van der Waals surface area contributed by atoms with Crippen molar-refractivity contribution >= 4 is 17.3 Å². The minimum absolute atomic E-state index is 0.0470. The van der Waals surface area contributed by atoms with Gasteiger partial charge in [0.1, 0.15) is 11.7 Å². The molecule has 0 spiro atoms. The van der Waals surface area contributed by atoms with Crippen LogP contribution >= 0.6 is 0 Å². The molecule has 0 aromatic carbocycles. The predicted octanol–water partition coefficient (Wildman–Crippen LogP) is 1.76. The highest BCUT2D eigenvalue weighted by Crippen LogP contribution is 2.31. The van der Waals surface area contributed by atoms with Crippen LogP contribution in [0.4, 0.5) is 24.5 Å². The summed E-state index contributed by atoms with van der Waals surface area (Å²) in [7, 11) is 0. The van der Waals surface area contributed by atoms with Crippen LogP contribution in [-0.2, 0) is 11.0 Å². The second-order valence-electron chi connectivity index (χ2n) is 4.80. The van der Waals surface area contributed by atoms with Gasteiger partial charge in [0.2, 0.25) is 5.91 Å². The van der Waals surface area contributed by atoms with E-state index >= 15 is 0 Å². The molecule has 1 aromatic rings. The fourth-order valence-corrected chi connectivity index (χ4v) is 1.60. The number of carbonyl (C=O) groups excluding carboxylic acids is 1. The fraction of sp³-hybridized carbons (Fsp3) is 0.500. The van der Waals surface area contributed by atoms with Gasteiger partial charge in [-0.15, -0.1) is 0 Å². The number of amides is 1. The van der Waals surface area contributed by atoms with Gasteiger partial charge in [-0.1, -0.05) is 0 Å². The van der Waals surface area contributed by atoms with Crippen LogP contribution in [0.1, 0.15) is 25.5 Å². The van der Waals surface area contributed by atoms with Crippen LogP contribution in [0, 0.1) is 0 Å². The molecule has 20 heavy (non-hydrogen) atoms. The highest BCUT2D eigenvalue weighted by atomic mass is 19.4. The fourth-order valence-electron chi connectivity index (χ4n) is 1.60. The molecule has 1 amide bonds. The van der Waals surface area contributed by atoms with E-state index in [1.807, 2.05) is 0 Å². The van der Waals surface area contributed by atoms with Gasteiger partial charge >= 0.3 is 6.18 Å². The van der Waals surface area contributed by atoms with E-state index < -0.39 is 17.9 Å². The van der Waals surface area contributed by atoms with E-state index in [1.165, 1.54) is 0 Å². The maximum Gasteiger partial charge on any atom is 0.433 e. The number of nitrogens with one attached hydrogen (secondary N) is 2. The number of anilines is 2. The normalized spacial score (nSPS) is 16.6. The number of aromatic nitrogens is 1. The number of pyridine rings is 1. The first kappa shape index (κ1) is 14.4. The number of alkyl halides is 3. The number of rotatable bonds is 4. The third-order valence-electron chi connectivity index (χ3n) is 2.91. The maximum absolute atomic E-state index is 12.6. The highest BCUT2D eigenvalue weighted by molar-refractivity contribution is 5.85. The van der Waals surface area contributed by atoms with Gasteiger partial charge in [-0.05, 0) is 25.8 Å². The predicted molar refractivity (Wildman–Crippen MR) is 67.9 cm³/mol. The lowest BCUT2D eigenvalue weighted by Crippen LogP contribution is -2.38. The summed E-state index contributed by atoms with van der Waals surface area (Å²) in [5.74, 6) is -0.266. The van der Waals surface area contributed by atoms with Crippen LogP contribution in [0.15, 0.2) is 12.3 Å². The molecular weight excluding hydrogens is 273 g/mol. The molecule has 1 atom stereocenters. The van der Waals surface area contributed by atoms with Crippen molar-refractivity contribution in [2.75, 3.05) is 11.1 Å². The Morgan fingerprint density at radius 1 is 1.50 bits per heavy atom. The van der Waals surface area contributed by atoms with Crippen molar-refractivity contribution in [3.63, 3.8) is 0 Å². The molecule has 5 nitrogen and oxygen atoms in total. The Hall–Kier alpha value is -1.99. The molecule has 110 valence electrons. The van der Waals surface area contributed by atoms with E-state index in [-0.39, 0.29) is 23.3 Å². The Bertz CT molecular complexity index is 514. The molecule has 8 heteroatoms. The zero-order valence-electron chi connectivity index (χ0n) is 10.8. The number of hydrogen-bond acceptors (Lipinski definition) is 4. The van der Waals surface area contributed by atoms with Crippen molar-refractivity contribution in [3.8, 4) is 0 Å². The van der Waals surface area contributed by atoms with E-state index in [4.69, 9.17) is 5.73 Å². The summed E-state index contributed by atoms with van der Waals surface area (Å²) in [5.41, 5.74) is 4.63. The summed E-state index contributed by atoms with van der Waals surface area (Å²) in [6, 6.07) is 0.310. The highest BCUT2D eigenvalue weighted by Gasteiger charge is 2.33. The van der Waals surface area contributed by atoms with Crippen LogP contribution in [-0.4, -0.2) is 23.0 Å². The van der Waals surface area contributed by atoms with E-state index in [9.17, 15) is 18.0 Å². The second kappa shape index (κ2) is 5.18. The molecule has 1 aliphatic rings. The SMILES string of the molecule is CC(Nc1cc(C(F)(F)F)ncc1N)C(=O)NC1CC1. The van der Waals surface area contributed by atoms with Gasteiger partial charge in [-0.3, -0.25) is 4.79 Å². The average molecular weight is 288 g/mol. The molecule has 1 aromatic heterocycles. The summed E-state index contributed by atoms with van der Waals surface area (Å²) in [5, 5.41) is 5.44. The van der Waals surface area contributed by atoms with Gasteiger partial charge < -0.3 is 16.4 Å². The summed E-state index contributed by atoms with van der Waals surface area (Å²) < 4.78 is 37.7. The van der Waals surface area contributed by atoms with Crippen LogP contribution in [0.2, 0.25) is 0 Å². The minimum Gasteiger partial charge on any atom is -0.396 e. The number of nitrogens with zero attached hydrogens (tertiary/aromatic N) is 1. The number of halogens is 3. The second-order valence-corrected chi connectivity index (χ2v) is 4.80. The average Bonchev–Trinajstić information content (AvgIpc) is 3.14. The molecule has 0 saturated heterocycles. The first-order chi connectivity index (χ1) is 9.27. The topological polar surface area (TPSA) is 80.0 Å². The minimum atomic E-state index is -4.55. The van der Waals surface area contributed by atoms with Crippen molar-refractivity contribution in [1.82, 2.24) is 10.3 Å². The molecular formula is C12H15F3N4O. The Morgan fingerprint density at radius 2 is 2.15 bits per heavy atom. The van der Waals surface area contributed by atoms with Gasteiger partial charge in [0.05, 0.1) is 17.6 Å². The van der Waals surface area contributed by atoms with Gasteiger partial charge in [0.25, 0.3) is 0 Å². The van der Waals surface area contributed by atoms with E-state index in [1.54, 1.807) is 6.92 Å². The Labute approximate surface area is 113 Å². The van der Waals surface area contributed by atoms with E-state index in [0.29, 0.717) is 0 Å². The lowest BCUT2D eigenvalue weighted by molar-refractivity contribution is -0.141. The maximum atomic E-state index is 12.6.